The fourth-order valence-electron chi connectivity index (χ4n) is 3.99. The molecule has 1 aliphatic heterocycles. The van der Waals surface area contributed by atoms with Gasteiger partial charge in [0.1, 0.15) is 0 Å². The summed E-state index contributed by atoms with van der Waals surface area (Å²) in [6.45, 7) is 2.60. The van der Waals surface area contributed by atoms with Crippen LogP contribution < -0.4 is 14.8 Å². The average Bonchev–Trinajstić information content (AvgIpc) is 2.87. The maximum atomic E-state index is 13.1. The zero-order valence-corrected chi connectivity index (χ0v) is 20.8. The van der Waals surface area contributed by atoms with Gasteiger partial charge in [-0.1, -0.05) is 29.8 Å². The van der Waals surface area contributed by atoms with Crippen LogP contribution in [0.25, 0.3) is 6.08 Å². The molecule has 1 aliphatic rings. The molecule has 0 bridgehead atoms. The molecule has 3 aromatic rings. The first-order valence-corrected chi connectivity index (χ1v) is 12.6. The molecule has 0 spiro atoms. The van der Waals surface area contributed by atoms with Crippen LogP contribution in [0.3, 0.4) is 0 Å². The summed E-state index contributed by atoms with van der Waals surface area (Å²) in [5.41, 5.74) is 4.38. The number of carbonyl (C=O) groups is 1. The van der Waals surface area contributed by atoms with Crippen molar-refractivity contribution in [1.29, 1.82) is 0 Å². The van der Waals surface area contributed by atoms with Gasteiger partial charge in [0, 0.05) is 24.9 Å². The molecular weight excluding hydrogens is 464 g/mol. The van der Waals surface area contributed by atoms with Gasteiger partial charge in [0.25, 0.3) is 0 Å². The smallest absolute Gasteiger partial charge is 0.248 e. The van der Waals surface area contributed by atoms with Gasteiger partial charge in [-0.25, -0.2) is 8.42 Å². The fraction of sp³-hybridized carbons (Fsp3) is 0.222. The van der Waals surface area contributed by atoms with Gasteiger partial charge in [-0.2, -0.15) is 4.31 Å². The summed E-state index contributed by atoms with van der Waals surface area (Å²) in [5.74, 6) is 0.899. The van der Waals surface area contributed by atoms with Gasteiger partial charge in [0.15, 0.2) is 11.5 Å². The van der Waals surface area contributed by atoms with Gasteiger partial charge in [0.2, 0.25) is 15.9 Å². The molecule has 1 amide bonds. The molecule has 7 nitrogen and oxygen atoms in total. The number of amides is 1. The number of sulfonamides is 1. The minimum atomic E-state index is -3.59. The van der Waals surface area contributed by atoms with Crippen LogP contribution >= 0.6 is 0 Å². The number of aryl methyl sites for hydroxylation is 1. The number of hydrogen-bond acceptors (Lipinski definition) is 5. The number of benzene rings is 3. The monoisotopic (exact) mass is 492 g/mol. The normalized spacial score (nSPS) is 13.9. The summed E-state index contributed by atoms with van der Waals surface area (Å²) < 4.78 is 38.2. The highest BCUT2D eigenvalue weighted by molar-refractivity contribution is 7.89. The summed E-state index contributed by atoms with van der Waals surface area (Å²) in [7, 11) is -0.469. The Hall–Kier alpha value is -3.62. The molecule has 0 fully saturated rings. The molecule has 3 aromatic carbocycles. The molecule has 35 heavy (non-hydrogen) atoms. The molecule has 1 heterocycles. The number of methoxy groups -OCH3 is 2. The van der Waals surface area contributed by atoms with Crippen molar-refractivity contribution in [2.75, 3.05) is 26.1 Å². The topological polar surface area (TPSA) is 84.9 Å². The number of carbonyl (C=O) groups excluding carboxylic acids is 1. The molecule has 0 saturated carbocycles. The Labute approximate surface area is 206 Å². The van der Waals surface area contributed by atoms with E-state index < -0.39 is 10.0 Å². The first kappa shape index (κ1) is 24.5. The van der Waals surface area contributed by atoms with Crippen LogP contribution in [0.1, 0.15) is 22.3 Å². The van der Waals surface area contributed by atoms with Crippen molar-refractivity contribution in [3.8, 4) is 11.5 Å². The standard InChI is InChI=1S/C27H28N2O5S/c1-19-4-10-24(11-5-19)35(31,32)29-15-14-21-8-9-23(17-22(21)18-29)28-27(30)13-7-20-6-12-25(33-2)26(16-20)34-3/h4-13,16-17H,14-15,18H2,1-3H3,(H,28,30)/b13-7+. The lowest BCUT2D eigenvalue weighted by Crippen LogP contribution is -2.36. The summed E-state index contributed by atoms with van der Waals surface area (Å²) in [6, 6.07) is 17.9. The van der Waals surface area contributed by atoms with Gasteiger partial charge < -0.3 is 14.8 Å². The summed E-state index contributed by atoms with van der Waals surface area (Å²) in [4.78, 5) is 12.8. The van der Waals surface area contributed by atoms with Crippen molar-refractivity contribution in [2.45, 2.75) is 24.8 Å². The third-order valence-electron chi connectivity index (χ3n) is 5.94. The van der Waals surface area contributed by atoms with Crippen molar-refractivity contribution in [3.05, 3.63) is 89.0 Å². The number of rotatable bonds is 7. The Bertz CT molecular complexity index is 1360. The predicted molar refractivity (Wildman–Crippen MR) is 136 cm³/mol. The number of nitrogens with one attached hydrogen (secondary N) is 1. The predicted octanol–water partition coefficient (Wildman–Crippen LogP) is 4.41. The molecule has 182 valence electrons. The number of ether oxygens (including phenoxy) is 2. The highest BCUT2D eigenvalue weighted by atomic mass is 32.2. The molecule has 0 aliphatic carbocycles. The van der Waals surface area contributed by atoms with Crippen LogP contribution in [-0.4, -0.2) is 39.4 Å². The number of nitrogens with zero attached hydrogens (tertiary/aromatic N) is 1. The molecule has 0 unspecified atom stereocenters. The van der Waals surface area contributed by atoms with E-state index in [-0.39, 0.29) is 17.3 Å². The number of fused-ring (bicyclic) bond motifs is 1. The Balaban J connectivity index is 1.46. The Morgan fingerprint density at radius 3 is 2.40 bits per heavy atom. The number of hydrogen-bond donors (Lipinski definition) is 1. The molecule has 4 rings (SSSR count). The summed E-state index contributed by atoms with van der Waals surface area (Å²) >= 11 is 0. The lowest BCUT2D eigenvalue weighted by molar-refractivity contribution is -0.111. The van der Waals surface area contributed by atoms with Crippen molar-refractivity contribution < 1.29 is 22.7 Å². The Morgan fingerprint density at radius 2 is 1.69 bits per heavy atom. The van der Waals surface area contributed by atoms with Crippen LogP contribution in [0.4, 0.5) is 5.69 Å². The maximum Gasteiger partial charge on any atom is 0.248 e. The highest BCUT2D eigenvalue weighted by Gasteiger charge is 2.28. The minimum Gasteiger partial charge on any atom is -0.493 e. The van der Waals surface area contributed by atoms with Crippen LogP contribution in [0.2, 0.25) is 0 Å². The average molecular weight is 493 g/mol. The van der Waals surface area contributed by atoms with Gasteiger partial charge in [0.05, 0.1) is 19.1 Å². The highest BCUT2D eigenvalue weighted by Crippen LogP contribution is 2.29. The third-order valence-corrected chi connectivity index (χ3v) is 7.80. The first-order chi connectivity index (χ1) is 16.8. The van der Waals surface area contributed by atoms with Crippen molar-refractivity contribution in [1.82, 2.24) is 4.31 Å². The molecule has 8 heteroatoms. The van der Waals surface area contributed by atoms with Crippen LogP contribution in [-0.2, 0) is 27.8 Å². The molecule has 1 N–H and O–H groups in total. The fourth-order valence-corrected chi connectivity index (χ4v) is 5.40. The van der Waals surface area contributed by atoms with E-state index in [0.29, 0.717) is 30.2 Å². The van der Waals surface area contributed by atoms with Crippen LogP contribution in [0, 0.1) is 6.92 Å². The van der Waals surface area contributed by atoms with Crippen molar-refractivity contribution in [2.24, 2.45) is 0 Å². The lowest BCUT2D eigenvalue weighted by Gasteiger charge is -2.28. The van der Waals surface area contributed by atoms with Gasteiger partial charge >= 0.3 is 0 Å². The van der Waals surface area contributed by atoms with E-state index in [1.165, 1.54) is 10.4 Å². The van der Waals surface area contributed by atoms with E-state index in [9.17, 15) is 13.2 Å². The van der Waals surface area contributed by atoms with E-state index in [2.05, 4.69) is 5.32 Å². The summed E-state index contributed by atoms with van der Waals surface area (Å²) in [5, 5.41) is 2.86. The van der Waals surface area contributed by atoms with E-state index in [1.807, 2.05) is 31.2 Å². The van der Waals surface area contributed by atoms with Crippen LogP contribution in [0.5, 0.6) is 11.5 Å². The second kappa shape index (κ2) is 10.3. The van der Waals surface area contributed by atoms with Crippen molar-refractivity contribution >= 4 is 27.7 Å². The second-order valence-corrected chi connectivity index (χ2v) is 10.3. The molecular formula is C27H28N2O5S. The lowest BCUT2D eigenvalue weighted by atomic mass is 10.0. The van der Waals surface area contributed by atoms with E-state index in [1.54, 1.807) is 56.7 Å². The molecule has 0 atom stereocenters. The van der Waals surface area contributed by atoms with Gasteiger partial charge in [-0.05, 0) is 72.5 Å². The van der Waals surface area contributed by atoms with E-state index in [4.69, 9.17) is 9.47 Å². The van der Waals surface area contributed by atoms with Crippen molar-refractivity contribution in [3.63, 3.8) is 0 Å². The zero-order chi connectivity index (χ0) is 25.0. The SMILES string of the molecule is COc1ccc(/C=C/C(=O)Nc2ccc3c(c2)CN(S(=O)(=O)c2ccc(C)cc2)CC3)cc1OC. The Kier molecular flexibility index (Phi) is 7.23. The maximum absolute atomic E-state index is 13.1. The quantitative estimate of drug-likeness (QED) is 0.494. The minimum absolute atomic E-state index is 0.261. The molecule has 0 aromatic heterocycles. The molecule has 0 radical (unpaired) electrons. The largest absolute Gasteiger partial charge is 0.493 e. The second-order valence-electron chi connectivity index (χ2n) is 8.32. The third kappa shape index (κ3) is 5.55. The van der Waals surface area contributed by atoms with Gasteiger partial charge in [-0.3, -0.25) is 4.79 Å². The Morgan fingerprint density at radius 1 is 0.943 bits per heavy atom. The molecule has 0 saturated heterocycles. The van der Waals surface area contributed by atoms with Gasteiger partial charge in [-0.15, -0.1) is 0 Å². The zero-order valence-electron chi connectivity index (χ0n) is 19.9. The first-order valence-electron chi connectivity index (χ1n) is 11.2. The van der Waals surface area contributed by atoms with Crippen LogP contribution in [0.15, 0.2) is 71.6 Å². The van der Waals surface area contributed by atoms with E-state index >= 15 is 0 Å². The summed E-state index contributed by atoms with van der Waals surface area (Å²) in [6.07, 6.45) is 3.74. The number of anilines is 1. The van der Waals surface area contributed by atoms with E-state index in [0.717, 1.165) is 22.3 Å².